The maximum absolute atomic E-state index is 4.85. The first-order valence-corrected chi connectivity index (χ1v) is 8.08. The summed E-state index contributed by atoms with van der Waals surface area (Å²) in [5.41, 5.74) is 6.96. The highest BCUT2D eigenvalue weighted by atomic mass is 15.0. The van der Waals surface area contributed by atoms with E-state index in [9.17, 15) is 0 Å². The molecule has 23 heavy (non-hydrogen) atoms. The molecular weight excluding hydrogens is 284 g/mol. The molecule has 4 nitrogen and oxygen atoms in total. The molecule has 1 saturated carbocycles. The number of aromatic nitrogens is 4. The molecule has 4 heteroatoms. The lowest BCUT2D eigenvalue weighted by Crippen LogP contribution is -1.85. The van der Waals surface area contributed by atoms with E-state index in [4.69, 9.17) is 9.97 Å². The van der Waals surface area contributed by atoms with Crippen molar-refractivity contribution in [1.82, 2.24) is 18.8 Å². The SMILES string of the molecule is Cc1ccn2cc(C3CC3c3cn4cccc(C)c4n3)nc2c1. The summed E-state index contributed by atoms with van der Waals surface area (Å²) in [6.07, 6.45) is 9.65. The van der Waals surface area contributed by atoms with Crippen LogP contribution in [0.15, 0.2) is 49.1 Å². The molecule has 0 N–H and O–H groups in total. The molecule has 1 aliphatic rings. The van der Waals surface area contributed by atoms with Crippen LogP contribution >= 0.6 is 0 Å². The first-order chi connectivity index (χ1) is 11.2. The number of nitrogens with zero attached hydrogens (tertiary/aromatic N) is 4. The largest absolute Gasteiger partial charge is 0.307 e. The number of aryl methyl sites for hydroxylation is 2. The fourth-order valence-corrected chi connectivity index (χ4v) is 3.48. The predicted molar refractivity (Wildman–Crippen MR) is 90.0 cm³/mol. The molecule has 2 atom stereocenters. The van der Waals surface area contributed by atoms with Crippen LogP contribution in [0.3, 0.4) is 0 Å². The lowest BCUT2D eigenvalue weighted by molar-refractivity contribution is 0.957. The van der Waals surface area contributed by atoms with Crippen LogP contribution in [0.5, 0.6) is 0 Å². The number of fused-ring (bicyclic) bond motifs is 2. The lowest BCUT2D eigenvalue weighted by atomic mass is 10.2. The fraction of sp³-hybridized carbons (Fsp3) is 0.263. The van der Waals surface area contributed by atoms with E-state index in [0.717, 1.165) is 17.7 Å². The molecule has 0 amide bonds. The second-order valence-electron chi connectivity index (χ2n) is 6.67. The van der Waals surface area contributed by atoms with Crippen LogP contribution < -0.4 is 0 Å². The molecule has 2 unspecified atom stereocenters. The van der Waals surface area contributed by atoms with Crippen molar-refractivity contribution in [2.75, 3.05) is 0 Å². The summed E-state index contributed by atoms with van der Waals surface area (Å²) in [6, 6.07) is 8.44. The van der Waals surface area contributed by atoms with E-state index in [1.807, 2.05) is 0 Å². The minimum absolute atomic E-state index is 0.500. The molecule has 0 spiro atoms. The van der Waals surface area contributed by atoms with Gasteiger partial charge in [0.2, 0.25) is 0 Å². The summed E-state index contributed by atoms with van der Waals surface area (Å²) < 4.78 is 4.25. The maximum Gasteiger partial charge on any atom is 0.139 e. The Labute approximate surface area is 134 Å². The van der Waals surface area contributed by atoms with Crippen molar-refractivity contribution < 1.29 is 0 Å². The van der Waals surface area contributed by atoms with Crippen LogP contribution in [0.25, 0.3) is 11.3 Å². The van der Waals surface area contributed by atoms with Gasteiger partial charge in [0.05, 0.1) is 11.4 Å². The van der Waals surface area contributed by atoms with Crippen LogP contribution in [-0.2, 0) is 0 Å². The van der Waals surface area contributed by atoms with E-state index in [-0.39, 0.29) is 0 Å². The Hall–Kier alpha value is -2.62. The Balaban J connectivity index is 1.50. The molecule has 0 bridgehead atoms. The van der Waals surface area contributed by atoms with Crippen LogP contribution in [0.4, 0.5) is 0 Å². The molecular formula is C19H18N4. The van der Waals surface area contributed by atoms with Gasteiger partial charge in [0.15, 0.2) is 0 Å². The zero-order valence-electron chi connectivity index (χ0n) is 13.3. The van der Waals surface area contributed by atoms with Gasteiger partial charge in [-0.1, -0.05) is 6.07 Å². The van der Waals surface area contributed by atoms with Crippen LogP contribution in [-0.4, -0.2) is 18.8 Å². The number of pyridine rings is 2. The van der Waals surface area contributed by atoms with Gasteiger partial charge < -0.3 is 8.80 Å². The second kappa shape index (κ2) is 4.44. The quantitative estimate of drug-likeness (QED) is 0.563. The van der Waals surface area contributed by atoms with Gasteiger partial charge in [-0.15, -0.1) is 0 Å². The fourth-order valence-electron chi connectivity index (χ4n) is 3.48. The van der Waals surface area contributed by atoms with Crippen molar-refractivity contribution in [2.45, 2.75) is 32.1 Å². The Morgan fingerprint density at radius 1 is 0.957 bits per heavy atom. The number of hydrogen-bond acceptors (Lipinski definition) is 2. The van der Waals surface area contributed by atoms with Gasteiger partial charge in [0, 0.05) is 36.6 Å². The van der Waals surface area contributed by atoms with Crippen LogP contribution in [0.1, 0.15) is 40.8 Å². The smallest absolute Gasteiger partial charge is 0.139 e. The Morgan fingerprint density at radius 2 is 1.74 bits per heavy atom. The third-order valence-corrected chi connectivity index (χ3v) is 4.88. The molecule has 4 aromatic heterocycles. The molecule has 114 valence electrons. The van der Waals surface area contributed by atoms with Crippen LogP contribution in [0.2, 0.25) is 0 Å². The molecule has 0 aromatic carbocycles. The van der Waals surface area contributed by atoms with Gasteiger partial charge in [0.1, 0.15) is 11.3 Å². The van der Waals surface area contributed by atoms with E-state index in [1.165, 1.54) is 22.5 Å². The van der Waals surface area contributed by atoms with Gasteiger partial charge >= 0.3 is 0 Å². The topological polar surface area (TPSA) is 34.6 Å². The molecule has 4 aromatic rings. The van der Waals surface area contributed by atoms with Gasteiger partial charge in [-0.25, -0.2) is 9.97 Å². The molecule has 0 radical (unpaired) electrons. The lowest BCUT2D eigenvalue weighted by Gasteiger charge is -1.94. The van der Waals surface area contributed by atoms with Gasteiger partial charge in [-0.2, -0.15) is 0 Å². The molecule has 4 heterocycles. The van der Waals surface area contributed by atoms with Crippen molar-refractivity contribution in [2.24, 2.45) is 0 Å². The van der Waals surface area contributed by atoms with Gasteiger partial charge in [-0.05, 0) is 49.6 Å². The van der Waals surface area contributed by atoms with Gasteiger partial charge in [-0.3, -0.25) is 0 Å². The van der Waals surface area contributed by atoms with E-state index in [0.29, 0.717) is 11.8 Å². The highest BCUT2D eigenvalue weighted by Gasteiger charge is 2.42. The zero-order chi connectivity index (χ0) is 15.6. The minimum Gasteiger partial charge on any atom is -0.307 e. The summed E-state index contributed by atoms with van der Waals surface area (Å²) in [4.78, 5) is 9.66. The molecule has 1 fully saturated rings. The van der Waals surface area contributed by atoms with Gasteiger partial charge in [0.25, 0.3) is 0 Å². The Morgan fingerprint density at radius 3 is 2.57 bits per heavy atom. The number of imidazole rings is 2. The summed E-state index contributed by atoms with van der Waals surface area (Å²) in [5, 5.41) is 0. The summed E-state index contributed by atoms with van der Waals surface area (Å²) in [5.74, 6) is 1.00. The monoisotopic (exact) mass is 302 g/mol. The third kappa shape index (κ3) is 1.98. The third-order valence-electron chi connectivity index (χ3n) is 4.88. The average Bonchev–Trinajstić information content (AvgIpc) is 3.02. The molecule has 1 aliphatic carbocycles. The first kappa shape index (κ1) is 12.9. The van der Waals surface area contributed by atoms with Crippen molar-refractivity contribution in [3.8, 4) is 0 Å². The summed E-state index contributed by atoms with van der Waals surface area (Å²) in [7, 11) is 0. The first-order valence-electron chi connectivity index (χ1n) is 8.08. The Bertz CT molecular complexity index is 1040. The highest BCUT2D eigenvalue weighted by Crippen LogP contribution is 2.53. The minimum atomic E-state index is 0.500. The van der Waals surface area contributed by atoms with E-state index in [1.54, 1.807) is 0 Å². The maximum atomic E-state index is 4.85. The number of hydrogen-bond donors (Lipinski definition) is 0. The van der Waals surface area contributed by atoms with Crippen molar-refractivity contribution in [1.29, 1.82) is 0 Å². The second-order valence-corrected chi connectivity index (χ2v) is 6.67. The normalized spacial score (nSPS) is 20.4. The van der Waals surface area contributed by atoms with Crippen molar-refractivity contribution >= 4 is 11.3 Å². The molecule has 0 aliphatic heterocycles. The van der Waals surface area contributed by atoms with E-state index in [2.05, 4.69) is 71.7 Å². The standard InChI is InChI=1S/C19H18N4/c1-12-5-7-22-10-16(20-18(22)8-12)14-9-15(14)17-11-23-6-3-4-13(2)19(23)21-17/h3-8,10-11,14-15H,9H2,1-2H3. The predicted octanol–water partition coefficient (Wildman–Crippen LogP) is 3.87. The summed E-state index contributed by atoms with van der Waals surface area (Å²) in [6.45, 7) is 4.22. The van der Waals surface area contributed by atoms with Crippen molar-refractivity contribution in [3.05, 3.63) is 71.6 Å². The zero-order valence-corrected chi connectivity index (χ0v) is 13.3. The highest BCUT2D eigenvalue weighted by molar-refractivity contribution is 5.50. The average molecular weight is 302 g/mol. The Kier molecular flexibility index (Phi) is 2.49. The molecule has 0 saturated heterocycles. The van der Waals surface area contributed by atoms with Crippen LogP contribution in [0, 0.1) is 13.8 Å². The number of rotatable bonds is 2. The van der Waals surface area contributed by atoms with E-state index >= 15 is 0 Å². The summed E-state index contributed by atoms with van der Waals surface area (Å²) >= 11 is 0. The van der Waals surface area contributed by atoms with Crippen molar-refractivity contribution in [3.63, 3.8) is 0 Å². The molecule has 5 rings (SSSR count). The van der Waals surface area contributed by atoms with E-state index < -0.39 is 0 Å².